The molecule has 188 valence electrons. The van der Waals surface area contributed by atoms with Crippen LogP contribution in [-0.4, -0.2) is 51.7 Å². The molecule has 0 radical (unpaired) electrons. The van der Waals surface area contributed by atoms with Gasteiger partial charge in [-0.2, -0.15) is 5.10 Å². The molecule has 1 N–H and O–H groups in total. The molecule has 6 nitrogen and oxygen atoms in total. The van der Waals surface area contributed by atoms with E-state index in [1.54, 1.807) is 0 Å². The highest BCUT2D eigenvalue weighted by Gasteiger charge is 2.31. The molecule has 2 aromatic carbocycles. The summed E-state index contributed by atoms with van der Waals surface area (Å²) in [5.41, 5.74) is 3.96. The summed E-state index contributed by atoms with van der Waals surface area (Å²) in [6.07, 6.45) is 7.27. The summed E-state index contributed by atoms with van der Waals surface area (Å²) in [7, 11) is 0. The Kier molecular flexibility index (Phi) is 8.47. The molecule has 1 unspecified atom stereocenters. The molecule has 0 bridgehead atoms. The number of hydrogen-bond donors (Lipinski definition) is 1. The van der Waals surface area contributed by atoms with Crippen molar-refractivity contribution in [1.82, 2.24) is 14.7 Å². The summed E-state index contributed by atoms with van der Waals surface area (Å²) in [6.45, 7) is 10.7. The molecule has 1 saturated heterocycles. The van der Waals surface area contributed by atoms with Crippen molar-refractivity contribution < 1.29 is 14.6 Å². The molecule has 0 saturated carbocycles. The second-order valence-electron chi connectivity index (χ2n) is 10.0. The molecule has 0 amide bonds. The van der Waals surface area contributed by atoms with Crippen molar-refractivity contribution in [2.75, 3.05) is 26.3 Å². The largest absolute Gasteiger partial charge is 0.494 e. The van der Waals surface area contributed by atoms with Crippen molar-refractivity contribution in [3.8, 4) is 11.5 Å². The van der Waals surface area contributed by atoms with E-state index in [4.69, 9.17) is 9.47 Å². The van der Waals surface area contributed by atoms with E-state index in [1.165, 1.54) is 16.7 Å². The SMILES string of the molecule is Cc1ccc(OCC2(O)CCCN(Cc3cccc(OCCCn4cc(C)cn4)c3)CC2)c(C)c1. The number of ether oxygens (including phenoxy) is 2. The lowest BCUT2D eigenvalue weighted by molar-refractivity contribution is -0.0170. The van der Waals surface area contributed by atoms with Crippen LogP contribution in [0, 0.1) is 20.8 Å². The topological polar surface area (TPSA) is 59.8 Å². The molecular weight excluding hydrogens is 438 g/mol. The van der Waals surface area contributed by atoms with Crippen LogP contribution in [0.4, 0.5) is 0 Å². The zero-order valence-corrected chi connectivity index (χ0v) is 21.4. The first-order valence-electron chi connectivity index (χ1n) is 12.7. The van der Waals surface area contributed by atoms with Gasteiger partial charge in [-0.3, -0.25) is 9.58 Å². The third kappa shape index (κ3) is 7.58. The predicted octanol–water partition coefficient (Wildman–Crippen LogP) is 5.07. The normalized spacial score (nSPS) is 18.9. The van der Waals surface area contributed by atoms with E-state index in [9.17, 15) is 5.11 Å². The molecule has 2 heterocycles. The first kappa shape index (κ1) is 25.3. The van der Waals surface area contributed by atoms with E-state index in [0.29, 0.717) is 19.6 Å². The van der Waals surface area contributed by atoms with Crippen molar-refractivity contribution >= 4 is 0 Å². The Morgan fingerprint density at radius 2 is 1.89 bits per heavy atom. The minimum absolute atomic E-state index is 0.339. The quantitative estimate of drug-likeness (QED) is 0.413. The maximum atomic E-state index is 11.2. The lowest BCUT2D eigenvalue weighted by atomic mass is 9.96. The van der Waals surface area contributed by atoms with Crippen molar-refractivity contribution in [3.05, 3.63) is 77.1 Å². The predicted molar refractivity (Wildman–Crippen MR) is 139 cm³/mol. The minimum atomic E-state index is -0.788. The zero-order chi connectivity index (χ0) is 24.7. The van der Waals surface area contributed by atoms with E-state index < -0.39 is 5.60 Å². The fourth-order valence-corrected chi connectivity index (χ4v) is 4.71. The first-order chi connectivity index (χ1) is 16.9. The third-order valence-electron chi connectivity index (χ3n) is 6.70. The highest BCUT2D eigenvalue weighted by molar-refractivity contribution is 5.35. The van der Waals surface area contributed by atoms with Crippen LogP contribution < -0.4 is 9.47 Å². The van der Waals surface area contributed by atoms with Gasteiger partial charge in [0.05, 0.1) is 18.4 Å². The van der Waals surface area contributed by atoms with E-state index in [-0.39, 0.29) is 0 Å². The second kappa shape index (κ2) is 11.7. The van der Waals surface area contributed by atoms with Crippen LogP contribution in [0.3, 0.4) is 0 Å². The van der Waals surface area contributed by atoms with E-state index >= 15 is 0 Å². The van der Waals surface area contributed by atoms with Crippen LogP contribution in [0.1, 0.15) is 47.9 Å². The maximum Gasteiger partial charge on any atom is 0.122 e. The van der Waals surface area contributed by atoms with Crippen LogP contribution in [0.2, 0.25) is 0 Å². The van der Waals surface area contributed by atoms with Gasteiger partial charge in [-0.05, 0) is 81.5 Å². The molecule has 35 heavy (non-hydrogen) atoms. The summed E-state index contributed by atoms with van der Waals surface area (Å²) in [5, 5.41) is 15.5. The van der Waals surface area contributed by atoms with Gasteiger partial charge in [0, 0.05) is 32.3 Å². The number of likely N-dealkylation sites (tertiary alicyclic amines) is 1. The maximum absolute atomic E-state index is 11.2. The van der Waals surface area contributed by atoms with E-state index in [2.05, 4.69) is 67.3 Å². The Balaban J connectivity index is 1.23. The lowest BCUT2D eigenvalue weighted by Gasteiger charge is -2.27. The van der Waals surface area contributed by atoms with Crippen LogP contribution in [0.25, 0.3) is 0 Å². The van der Waals surface area contributed by atoms with Gasteiger partial charge in [0.25, 0.3) is 0 Å². The number of rotatable bonds is 10. The summed E-state index contributed by atoms with van der Waals surface area (Å²) < 4.78 is 14.0. The molecule has 0 aliphatic carbocycles. The second-order valence-corrected chi connectivity index (χ2v) is 10.0. The highest BCUT2D eigenvalue weighted by Crippen LogP contribution is 2.27. The monoisotopic (exact) mass is 477 g/mol. The summed E-state index contributed by atoms with van der Waals surface area (Å²) in [5.74, 6) is 1.77. The Hall–Kier alpha value is -2.83. The Morgan fingerprint density at radius 3 is 2.69 bits per heavy atom. The number of aliphatic hydroxyl groups is 1. The van der Waals surface area contributed by atoms with Gasteiger partial charge in [-0.15, -0.1) is 0 Å². The van der Waals surface area contributed by atoms with Gasteiger partial charge in [0.2, 0.25) is 0 Å². The Bertz CT molecular complexity index is 1100. The molecule has 1 aliphatic heterocycles. The van der Waals surface area contributed by atoms with Crippen molar-refractivity contribution in [1.29, 1.82) is 0 Å². The summed E-state index contributed by atoms with van der Waals surface area (Å²) >= 11 is 0. The lowest BCUT2D eigenvalue weighted by Crippen LogP contribution is -2.37. The highest BCUT2D eigenvalue weighted by atomic mass is 16.5. The molecule has 1 aromatic heterocycles. The number of nitrogens with zero attached hydrogens (tertiary/aromatic N) is 3. The fraction of sp³-hybridized carbons (Fsp3) is 0.483. The summed E-state index contributed by atoms with van der Waals surface area (Å²) in [6, 6.07) is 14.6. The Morgan fingerprint density at radius 1 is 1.00 bits per heavy atom. The minimum Gasteiger partial charge on any atom is -0.494 e. The van der Waals surface area contributed by atoms with Crippen LogP contribution in [0.5, 0.6) is 11.5 Å². The zero-order valence-electron chi connectivity index (χ0n) is 21.4. The molecule has 1 fully saturated rings. The molecular formula is C29H39N3O3. The van der Waals surface area contributed by atoms with Gasteiger partial charge in [-0.1, -0.05) is 29.8 Å². The van der Waals surface area contributed by atoms with Crippen LogP contribution in [-0.2, 0) is 13.1 Å². The molecule has 3 aromatic rings. The fourth-order valence-electron chi connectivity index (χ4n) is 4.71. The number of aryl methyl sites for hydroxylation is 4. The molecule has 0 spiro atoms. The third-order valence-corrected chi connectivity index (χ3v) is 6.70. The van der Waals surface area contributed by atoms with Crippen LogP contribution in [0.15, 0.2) is 54.9 Å². The number of benzene rings is 2. The average Bonchev–Trinajstić information content (AvgIpc) is 3.16. The van der Waals surface area contributed by atoms with Crippen LogP contribution >= 0.6 is 0 Å². The molecule has 4 rings (SSSR count). The molecule has 1 atom stereocenters. The van der Waals surface area contributed by atoms with Crippen molar-refractivity contribution in [2.24, 2.45) is 0 Å². The van der Waals surface area contributed by atoms with E-state index in [1.807, 2.05) is 23.0 Å². The van der Waals surface area contributed by atoms with Gasteiger partial charge < -0.3 is 14.6 Å². The van der Waals surface area contributed by atoms with E-state index in [0.717, 1.165) is 62.5 Å². The molecule has 6 heteroatoms. The number of hydrogen-bond acceptors (Lipinski definition) is 5. The molecule has 1 aliphatic rings. The van der Waals surface area contributed by atoms with Gasteiger partial charge >= 0.3 is 0 Å². The van der Waals surface area contributed by atoms with Crippen molar-refractivity contribution in [2.45, 2.75) is 65.1 Å². The van der Waals surface area contributed by atoms with Crippen molar-refractivity contribution in [3.63, 3.8) is 0 Å². The smallest absolute Gasteiger partial charge is 0.122 e. The summed E-state index contributed by atoms with van der Waals surface area (Å²) in [4.78, 5) is 2.42. The van der Waals surface area contributed by atoms with Gasteiger partial charge in [-0.25, -0.2) is 0 Å². The average molecular weight is 478 g/mol. The number of aromatic nitrogens is 2. The first-order valence-corrected chi connectivity index (χ1v) is 12.7. The standard InChI is InChI=1S/C29H39N3O3/c1-23-9-10-28(25(3)17-23)35-22-29(33)11-5-13-31(15-12-29)21-26-7-4-8-27(18-26)34-16-6-14-32-20-24(2)19-30-32/h4,7-10,17-20,33H,5-6,11-16,21-22H2,1-3H3. The van der Waals surface area contributed by atoms with Gasteiger partial charge in [0.15, 0.2) is 0 Å². The van der Waals surface area contributed by atoms with Gasteiger partial charge in [0.1, 0.15) is 18.1 Å². The Labute approximate surface area is 209 Å².